The lowest BCUT2D eigenvalue weighted by atomic mass is 9.80. The lowest BCUT2D eigenvalue weighted by Crippen LogP contribution is -2.11. The Morgan fingerprint density at radius 2 is 1.90 bits per heavy atom. The minimum absolute atomic E-state index is 0.730. The number of rotatable bonds is 3. The minimum atomic E-state index is 0.730. The van der Waals surface area contributed by atoms with Gasteiger partial charge >= 0.3 is 0 Å². The number of nitrogens with zero attached hydrogens (tertiary/aromatic N) is 2. The van der Waals surface area contributed by atoms with Gasteiger partial charge in [0.05, 0.1) is 12.7 Å². The Kier molecular flexibility index (Phi) is 6.04. The molecule has 2 aromatic rings. The molecule has 1 aromatic heterocycles. The Labute approximate surface area is 129 Å². The Morgan fingerprint density at radius 1 is 1.14 bits per heavy atom. The molecule has 1 aliphatic carbocycles. The second kappa shape index (κ2) is 8.02. The van der Waals surface area contributed by atoms with E-state index in [1.165, 1.54) is 36.8 Å². The van der Waals surface area contributed by atoms with Gasteiger partial charge in [-0.25, -0.2) is 0 Å². The first-order valence-electron chi connectivity index (χ1n) is 8.37. The van der Waals surface area contributed by atoms with Gasteiger partial charge in [-0.15, -0.1) is 0 Å². The Bertz CT molecular complexity index is 515. The van der Waals surface area contributed by atoms with Crippen molar-refractivity contribution in [2.75, 3.05) is 0 Å². The van der Waals surface area contributed by atoms with E-state index in [-0.39, 0.29) is 0 Å². The van der Waals surface area contributed by atoms with Gasteiger partial charge in [-0.3, -0.25) is 4.68 Å². The van der Waals surface area contributed by atoms with Crippen LogP contribution in [0.3, 0.4) is 0 Å². The molecule has 2 atom stereocenters. The second-order valence-electron chi connectivity index (χ2n) is 5.93. The van der Waals surface area contributed by atoms with Crippen molar-refractivity contribution in [3.8, 4) is 0 Å². The molecule has 0 bridgehead atoms. The fourth-order valence-corrected chi connectivity index (χ4v) is 3.18. The van der Waals surface area contributed by atoms with Crippen LogP contribution in [0.5, 0.6) is 0 Å². The van der Waals surface area contributed by atoms with Gasteiger partial charge in [-0.05, 0) is 35.8 Å². The highest BCUT2D eigenvalue weighted by Crippen LogP contribution is 2.35. The third kappa shape index (κ3) is 4.45. The van der Waals surface area contributed by atoms with Crippen LogP contribution in [0, 0.1) is 5.92 Å². The van der Waals surface area contributed by atoms with Crippen LogP contribution >= 0.6 is 0 Å². The number of aromatic nitrogens is 2. The van der Waals surface area contributed by atoms with E-state index in [0.717, 1.165) is 18.4 Å². The summed E-state index contributed by atoms with van der Waals surface area (Å²) in [6.45, 7) is 7.25. The highest BCUT2D eigenvalue weighted by molar-refractivity contribution is 5.17. The van der Waals surface area contributed by atoms with Crippen molar-refractivity contribution >= 4 is 0 Å². The summed E-state index contributed by atoms with van der Waals surface area (Å²) < 4.78 is 2.07. The van der Waals surface area contributed by atoms with Crippen molar-refractivity contribution in [1.82, 2.24) is 9.78 Å². The van der Waals surface area contributed by atoms with E-state index in [0.29, 0.717) is 0 Å². The maximum absolute atomic E-state index is 4.53. The zero-order chi connectivity index (χ0) is 15.1. The molecule has 1 aromatic carbocycles. The molecule has 0 amide bonds. The zero-order valence-electron chi connectivity index (χ0n) is 13.6. The molecule has 0 N–H and O–H groups in total. The monoisotopic (exact) mass is 284 g/mol. The third-order valence-electron chi connectivity index (χ3n) is 4.25. The van der Waals surface area contributed by atoms with E-state index in [2.05, 4.69) is 59.4 Å². The van der Waals surface area contributed by atoms with Gasteiger partial charge in [0.25, 0.3) is 0 Å². The molecule has 114 valence electrons. The van der Waals surface area contributed by atoms with E-state index in [1.54, 1.807) is 0 Å². The lowest BCUT2D eigenvalue weighted by Gasteiger charge is -2.25. The maximum Gasteiger partial charge on any atom is 0.0659 e. The van der Waals surface area contributed by atoms with Crippen molar-refractivity contribution in [2.45, 2.75) is 58.9 Å². The first-order valence-corrected chi connectivity index (χ1v) is 8.37. The van der Waals surface area contributed by atoms with Gasteiger partial charge in [0.1, 0.15) is 0 Å². The van der Waals surface area contributed by atoms with E-state index >= 15 is 0 Å². The number of hydrogen-bond acceptors (Lipinski definition) is 1. The molecule has 0 saturated heterocycles. The van der Waals surface area contributed by atoms with E-state index in [1.807, 2.05) is 13.8 Å². The molecule has 0 aliphatic heterocycles. The molecule has 1 saturated carbocycles. The summed E-state index contributed by atoms with van der Waals surface area (Å²) in [5.74, 6) is 1.60. The summed E-state index contributed by atoms with van der Waals surface area (Å²) in [6, 6.07) is 10.5. The van der Waals surface area contributed by atoms with Crippen LogP contribution < -0.4 is 0 Å². The second-order valence-corrected chi connectivity index (χ2v) is 5.93. The van der Waals surface area contributed by atoms with Gasteiger partial charge in [0.2, 0.25) is 0 Å². The fourth-order valence-electron chi connectivity index (χ4n) is 3.18. The van der Waals surface area contributed by atoms with Crippen molar-refractivity contribution in [1.29, 1.82) is 0 Å². The first-order chi connectivity index (χ1) is 10.3. The average Bonchev–Trinajstić information content (AvgIpc) is 2.99. The fraction of sp³-hybridized carbons (Fsp3) is 0.526. The van der Waals surface area contributed by atoms with Gasteiger partial charge < -0.3 is 0 Å². The lowest BCUT2D eigenvalue weighted by molar-refractivity contribution is 0.344. The maximum atomic E-state index is 4.53. The van der Waals surface area contributed by atoms with Crippen molar-refractivity contribution in [3.05, 3.63) is 53.9 Å². The SMILES string of the molecule is CC.CC1CCCC(c2cnn(Cc3ccccc3)c2)C1. The molecule has 21 heavy (non-hydrogen) atoms. The number of benzene rings is 1. The van der Waals surface area contributed by atoms with Crippen LogP contribution in [0.2, 0.25) is 0 Å². The molecule has 0 spiro atoms. The summed E-state index contributed by atoms with van der Waals surface area (Å²) in [7, 11) is 0. The highest BCUT2D eigenvalue weighted by atomic mass is 15.3. The molecule has 2 nitrogen and oxygen atoms in total. The minimum Gasteiger partial charge on any atom is -0.268 e. The quantitative estimate of drug-likeness (QED) is 0.752. The largest absolute Gasteiger partial charge is 0.268 e. The zero-order valence-corrected chi connectivity index (χ0v) is 13.6. The Morgan fingerprint density at radius 3 is 2.62 bits per heavy atom. The van der Waals surface area contributed by atoms with Gasteiger partial charge in [-0.2, -0.15) is 5.10 Å². The van der Waals surface area contributed by atoms with Crippen LogP contribution in [-0.2, 0) is 6.54 Å². The van der Waals surface area contributed by atoms with Crippen LogP contribution in [0.25, 0.3) is 0 Å². The van der Waals surface area contributed by atoms with Crippen molar-refractivity contribution in [2.24, 2.45) is 5.92 Å². The Hall–Kier alpha value is -1.57. The molecule has 2 unspecified atom stereocenters. The number of hydrogen-bond donors (Lipinski definition) is 0. The molecule has 2 heteroatoms. The van der Waals surface area contributed by atoms with Crippen molar-refractivity contribution < 1.29 is 0 Å². The van der Waals surface area contributed by atoms with Gasteiger partial charge in [-0.1, -0.05) is 63.9 Å². The van der Waals surface area contributed by atoms with Crippen LogP contribution in [0.15, 0.2) is 42.7 Å². The molecule has 1 heterocycles. The summed E-state index contributed by atoms with van der Waals surface area (Å²) in [5, 5.41) is 4.53. The normalized spacial score (nSPS) is 21.5. The van der Waals surface area contributed by atoms with E-state index in [4.69, 9.17) is 0 Å². The highest BCUT2D eigenvalue weighted by Gasteiger charge is 2.21. The summed E-state index contributed by atoms with van der Waals surface area (Å²) in [4.78, 5) is 0. The summed E-state index contributed by atoms with van der Waals surface area (Å²) >= 11 is 0. The van der Waals surface area contributed by atoms with Gasteiger partial charge in [0.15, 0.2) is 0 Å². The first kappa shape index (κ1) is 15.8. The van der Waals surface area contributed by atoms with E-state index in [9.17, 15) is 0 Å². The molecular weight excluding hydrogens is 256 g/mol. The molecule has 3 rings (SSSR count). The van der Waals surface area contributed by atoms with Crippen LogP contribution in [-0.4, -0.2) is 9.78 Å². The van der Waals surface area contributed by atoms with Crippen LogP contribution in [0.1, 0.15) is 63.5 Å². The summed E-state index contributed by atoms with van der Waals surface area (Å²) in [6.07, 6.45) is 9.75. The predicted molar refractivity (Wildman–Crippen MR) is 89.5 cm³/mol. The average molecular weight is 284 g/mol. The molecular formula is C19H28N2. The van der Waals surface area contributed by atoms with Crippen LogP contribution in [0.4, 0.5) is 0 Å². The predicted octanol–water partition coefficient (Wildman–Crippen LogP) is 5.25. The molecule has 1 aliphatic rings. The van der Waals surface area contributed by atoms with Gasteiger partial charge in [0, 0.05) is 6.20 Å². The Balaban J connectivity index is 0.000000774. The summed E-state index contributed by atoms with van der Waals surface area (Å²) in [5.41, 5.74) is 2.75. The smallest absolute Gasteiger partial charge is 0.0659 e. The molecule has 1 fully saturated rings. The standard InChI is InChI=1S/C17H22N2.C2H6/c1-14-6-5-9-16(10-14)17-11-18-19(13-17)12-15-7-3-2-4-8-15;1-2/h2-4,7-8,11,13-14,16H,5-6,9-10,12H2,1H3;1-2H3. The third-order valence-corrected chi connectivity index (χ3v) is 4.25. The topological polar surface area (TPSA) is 17.8 Å². The van der Waals surface area contributed by atoms with E-state index < -0.39 is 0 Å². The van der Waals surface area contributed by atoms with Crippen molar-refractivity contribution in [3.63, 3.8) is 0 Å². The molecule has 0 radical (unpaired) electrons.